The molecule has 1 aliphatic heterocycles. The SMILES string of the molecule is COC(=O)Cn1cc(NS(=O)(=O)N2CCCCCC2)cn1. The van der Waals surface area contributed by atoms with Crippen LogP contribution in [0.25, 0.3) is 0 Å². The topological polar surface area (TPSA) is 93.5 Å². The maximum atomic E-state index is 12.3. The number of carbonyl (C=O) groups excluding carboxylic acids is 1. The fraction of sp³-hybridized carbons (Fsp3) is 0.667. The zero-order valence-corrected chi connectivity index (χ0v) is 12.8. The van der Waals surface area contributed by atoms with Crippen molar-refractivity contribution in [2.24, 2.45) is 0 Å². The lowest BCUT2D eigenvalue weighted by molar-refractivity contribution is -0.141. The molecule has 1 aromatic rings. The van der Waals surface area contributed by atoms with Crippen molar-refractivity contribution >= 4 is 21.9 Å². The van der Waals surface area contributed by atoms with Gasteiger partial charge in [-0.2, -0.15) is 17.8 Å². The van der Waals surface area contributed by atoms with E-state index in [4.69, 9.17) is 0 Å². The van der Waals surface area contributed by atoms with Gasteiger partial charge in [-0.15, -0.1) is 0 Å². The summed E-state index contributed by atoms with van der Waals surface area (Å²) in [5, 5.41) is 3.92. The summed E-state index contributed by atoms with van der Waals surface area (Å²) in [6.45, 7) is 1.01. The fourth-order valence-electron chi connectivity index (χ4n) is 2.20. The van der Waals surface area contributed by atoms with Crippen molar-refractivity contribution in [3.8, 4) is 0 Å². The zero-order chi connectivity index (χ0) is 15.3. The minimum Gasteiger partial charge on any atom is -0.468 e. The van der Waals surface area contributed by atoms with Crippen molar-refractivity contribution in [2.75, 3.05) is 24.9 Å². The van der Waals surface area contributed by atoms with Crippen LogP contribution in [0, 0.1) is 0 Å². The summed E-state index contributed by atoms with van der Waals surface area (Å²) in [5.74, 6) is -0.444. The van der Waals surface area contributed by atoms with Crippen LogP contribution in [0.15, 0.2) is 12.4 Å². The average molecular weight is 316 g/mol. The monoisotopic (exact) mass is 316 g/mol. The molecule has 0 saturated carbocycles. The molecule has 21 heavy (non-hydrogen) atoms. The first-order chi connectivity index (χ1) is 10.0. The minimum atomic E-state index is -3.57. The van der Waals surface area contributed by atoms with E-state index < -0.39 is 16.2 Å². The molecular formula is C12H20N4O4S. The van der Waals surface area contributed by atoms with Crippen molar-refractivity contribution in [1.82, 2.24) is 14.1 Å². The van der Waals surface area contributed by atoms with Crippen LogP contribution in [0.1, 0.15) is 25.7 Å². The number of ether oxygens (including phenoxy) is 1. The predicted octanol–water partition coefficient (Wildman–Crippen LogP) is 0.589. The van der Waals surface area contributed by atoms with Gasteiger partial charge in [0.2, 0.25) is 0 Å². The Labute approximate surface area is 124 Å². The average Bonchev–Trinajstić information content (AvgIpc) is 2.70. The zero-order valence-electron chi connectivity index (χ0n) is 12.0. The predicted molar refractivity (Wildman–Crippen MR) is 76.8 cm³/mol. The molecule has 1 aliphatic rings. The number of hydrogen-bond donors (Lipinski definition) is 1. The lowest BCUT2D eigenvalue weighted by Crippen LogP contribution is -2.36. The molecular weight excluding hydrogens is 296 g/mol. The van der Waals surface area contributed by atoms with E-state index in [1.165, 1.54) is 28.5 Å². The molecule has 1 saturated heterocycles. The van der Waals surface area contributed by atoms with Crippen molar-refractivity contribution in [3.05, 3.63) is 12.4 Å². The maximum Gasteiger partial charge on any atom is 0.327 e. The molecule has 9 heteroatoms. The first-order valence-electron chi connectivity index (χ1n) is 6.88. The number of nitrogens with one attached hydrogen (secondary N) is 1. The molecule has 0 amide bonds. The van der Waals surface area contributed by atoms with Gasteiger partial charge >= 0.3 is 16.2 Å². The molecule has 0 spiro atoms. The number of anilines is 1. The van der Waals surface area contributed by atoms with E-state index in [9.17, 15) is 13.2 Å². The lowest BCUT2D eigenvalue weighted by Gasteiger charge is -2.19. The van der Waals surface area contributed by atoms with Crippen molar-refractivity contribution < 1.29 is 17.9 Å². The summed E-state index contributed by atoms with van der Waals surface area (Å²) >= 11 is 0. The summed E-state index contributed by atoms with van der Waals surface area (Å²) in [7, 11) is -2.28. The Hall–Kier alpha value is -1.61. The second-order valence-corrected chi connectivity index (χ2v) is 6.59. The van der Waals surface area contributed by atoms with E-state index in [2.05, 4.69) is 14.6 Å². The Bertz CT molecular complexity index is 576. The molecule has 1 N–H and O–H groups in total. The number of rotatable bonds is 5. The van der Waals surface area contributed by atoms with E-state index in [1.807, 2.05) is 0 Å². The fourth-order valence-corrected chi connectivity index (χ4v) is 3.47. The highest BCUT2D eigenvalue weighted by molar-refractivity contribution is 7.90. The molecule has 0 aliphatic carbocycles. The van der Waals surface area contributed by atoms with Crippen molar-refractivity contribution in [3.63, 3.8) is 0 Å². The van der Waals surface area contributed by atoms with E-state index in [-0.39, 0.29) is 6.54 Å². The number of esters is 1. The van der Waals surface area contributed by atoms with Gasteiger partial charge in [-0.05, 0) is 12.8 Å². The summed E-state index contributed by atoms with van der Waals surface area (Å²) in [5.41, 5.74) is 0.336. The van der Waals surface area contributed by atoms with Gasteiger partial charge in [-0.3, -0.25) is 14.2 Å². The first kappa shape index (κ1) is 15.8. The van der Waals surface area contributed by atoms with Gasteiger partial charge in [0.1, 0.15) is 6.54 Å². The second kappa shape index (κ2) is 6.90. The summed E-state index contributed by atoms with van der Waals surface area (Å²) in [6, 6.07) is 0. The smallest absolute Gasteiger partial charge is 0.327 e. The first-order valence-corrected chi connectivity index (χ1v) is 8.32. The van der Waals surface area contributed by atoms with Crippen LogP contribution >= 0.6 is 0 Å². The Balaban J connectivity index is 2.01. The Morgan fingerprint density at radius 1 is 1.33 bits per heavy atom. The largest absolute Gasteiger partial charge is 0.468 e. The quantitative estimate of drug-likeness (QED) is 0.802. The van der Waals surface area contributed by atoms with Gasteiger partial charge in [0.05, 0.1) is 19.0 Å². The number of aromatic nitrogens is 2. The molecule has 2 heterocycles. The Morgan fingerprint density at radius 3 is 2.62 bits per heavy atom. The van der Waals surface area contributed by atoms with Crippen LogP contribution in [0.5, 0.6) is 0 Å². The van der Waals surface area contributed by atoms with Crippen molar-refractivity contribution in [2.45, 2.75) is 32.2 Å². The van der Waals surface area contributed by atoms with E-state index in [1.54, 1.807) is 0 Å². The molecule has 0 unspecified atom stereocenters. The third kappa shape index (κ3) is 4.43. The number of hydrogen-bond acceptors (Lipinski definition) is 5. The van der Waals surface area contributed by atoms with Gasteiger partial charge in [-0.1, -0.05) is 12.8 Å². The van der Waals surface area contributed by atoms with Gasteiger partial charge < -0.3 is 4.74 Å². The van der Waals surface area contributed by atoms with Gasteiger partial charge in [0.15, 0.2) is 0 Å². The third-order valence-electron chi connectivity index (χ3n) is 3.30. The third-order valence-corrected chi connectivity index (χ3v) is 4.84. The molecule has 0 bridgehead atoms. The van der Waals surface area contributed by atoms with Crippen LogP contribution in [-0.4, -0.2) is 48.7 Å². The van der Waals surface area contributed by atoms with E-state index >= 15 is 0 Å². The van der Waals surface area contributed by atoms with E-state index in [0.29, 0.717) is 18.8 Å². The molecule has 2 rings (SSSR count). The summed E-state index contributed by atoms with van der Waals surface area (Å²) in [6.07, 6.45) is 6.71. The highest BCUT2D eigenvalue weighted by Gasteiger charge is 2.23. The molecule has 0 atom stereocenters. The number of methoxy groups -OCH3 is 1. The Morgan fingerprint density at radius 2 is 2.00 bits per heavy atom. The van der Waals surface area contributed by atoms with Gasteiger partial charge in [-0.25, -0.2) is 0 Å². The molecule has 118 valence electrons. The van der Waals surface area contributed by atoms with Crippen LogP contribution in [0.4, 0.5) is 5.69 Å². The highest BCUT2D eigenvalue weighted by atomic mass is 32.2. The van der Waals surface area contributed by atoms with Crippen molar-refractivity contribution in [1.29, 1.82) is 0 Å². The normalized spacial score (nSPS) is 17.2. The lowest BCUT2D eigenvalue weighted by atomic mass is 10.2. The van der Waals surface area contributed by atoms with Gasteiger partial charge in [0.25, 0.3) is 0 Å². The van der Waals surface area contributed by atoms with E-state index in [0.717, 1.165) is 25.7 Å². The summed E-state index contributed by atoms with van der Waals surface area (Å²) in [4.78, 5) is 11.1. The molecule has 1 fully saturated rings. The molecule has 0 aromatic carbocycles. The van der Waals surface area contributed by atoms with Gasteiger partial charge in [0, 0.05) is 19.3 Å². The van der Waals surface area contributed by atoms with Crippen LogP contribution in [-0.2, 0) is 26.3 Å². The second-order valence-electron chi connectivity index (χ2n) is 4.92. The molecule has 1 aromatic heterocycles. The maximum absolute atomic E-state index is 12.3. The standard InChI is InChI=1S/C12H20N4O4S/c1-20-12(17)10-15-9-11(8-13-15)14-21(18,19)16-6-4-2-3-5-7-16/h8-9,14H,2-7,10H2,1H3. The van der Waals surface area contributed by atoms with Crippen LogP contribution in [0.3, 0.4) is 0 Å². The minimum absolute atomic E-state index is 0.0536. The number of nitrogens with zero attached hydrogens (tertiary/aromatic N) is 3. The van der Waals surface area contributed by atoms with Crippen LogP contribution in [0.2, 0.25) is 0 Å². The molecule has 0 radical (unpaired) electrons. The number of carbonyl (C=O) groups is 1. The van der Waals surface area contributed by atoms with Crippen LogP contribution < -0.4 is 4.72 Å². The Kier molecular flexibility index (Phi) is 5.18. The summed E-state index contributed by atoms with van der Waals surface area (Å²) < 4.78 is 34.4. The molecule has 8 nitrogen and oxygen atoms in total. The highest BCUT2D eigenvalue weighted by Crippen LogP contribution is 2.16.